The zero-order valence-electron chi connectivity index (χ0n) is 18.5. The Kier molecular flexibility index (Phi) is 6.04. The molecule has 0 radical (unpaired) electrons. The highest BCUT2D eigenvalue weighted by Crippen LogP contribution is 2.35. The van der Waals surface area contributed by atoms with Crippen molar-refractivity contribution < 1.29 is 14.3 Å². The number of benzene rings is 1. The smallest absolute Gasteiger partial charge is 0.331 e. The van der Waals surface area contributed by atoms with Gasteiger partial charge < -0.3 is 9.47 Å². The van der Waals surface area contributed by atoms with Gasteiger partial charge in [-0.3, -0.25) is 9.36 Å². The molecule has 0 aliphatic carbocycles. The Labute approximate surface area is 180 Å². The summed E-state index contributed by atoms with van der Waals surface area (Å²) in [6, 6.07) is 5.83. The third kappa shape index (κ3) is 3.62. The van der Waals surface area contributed by atoms with E-state index in [2.05, 4.69) is 0 Å². The second kappa shape index (κ2) is 8.22. The molecule has 1 aromatic carbocycles. The topological polar surface area (TPSA) is 70.4 Å². The molecule has 0 fully saturated rings. The molecule has 2 aromatic heterocycles. The van der Waals surface area contributed by atoms with Crippen molar-refractivity contribution >= 4 is 27.5 Å². The number of hydrogen-bond donors (Lipinski definition) is 0. The molecule has 0 aliphatic heterocycles. The highest BCUT2D eigenvalue weighted by molar-refractivity contribution is 7.17. The quantitative estimate of drug-likeness (QED) is 0.524. The summed E-state index contributed by atoms with van der Waals surface area (Å²) < 4.78 is 12.1. The second-order valence-electron chi connectivity index (χ2n) is 8.06. The van der Waals surface area contributed by atoms with Crippen LogP contribution in [0, 0.1) is 6.92 Å². The fourth-order valence-corrected chi connectivity index (χ4v) is 4.54. The van der Waals surface area contributed by atoms with Crippen LogP contribution in [0.4, 0.5) is 0 Å². The van der Waals surface area contributed by atoms with Crippen molar-refractivity contribution in [2.24, 2.45) is 0 Å². The first-order chi connectivity index (χ1) is 14.1. The van der Waals surface area contributed by atoms with E-state index in [4.69, 9.17) is 14.5 Å². The van der Waals surface area contributed by atoms with Crippen LogP contribution in [0.5, 0.6) is 5.75 Å². The average Bonchev–Trinajstić information content (AvgIpc) is 3.12. The lowest BCUT2D eigenvalue weighted by Crippen LogP contribution is -2.46. The standard InChI is InChI=1S/C23H28N2O4S/c1-8-29-22(27)23(5,6)25-19(13(2)3)24-20-18(21(25)26)16(12-30-20)15-9-10-17(28-7)14(4)11-15/h9-13H,8H2,1-7H3. The summed E-state index contributed by atoms with van der Waals surface area (Å²) in [6.07, 6.45) is 0. The molecular formula is C23H28N2O4S. The van der Waals surface area contributed by atoms with Gasteiger partial charge in [0.25, 0.3) is 5.56 Å². The zero-order chi connectivity index (χ0) is 22.2. The van der Waals surface area contributed by atoms with Crippen molar-refractivity contribution in [1.29, 1.82) is 0 Å². The number of aromatic nitrogens is 2. The molecule has 0 aliphatic rings. The van der Waals surface area contributed by atoms with Gasteiger partial charge in [-0.05, 0) is 51.0 Å². The molecule has 30 heavy (non-hydrogen) atoms. The lowest BCUT2D eigenvalue weighted by Gasteiger charge is -2.28. The summed E-state index contributed by atoms with van der Waals surface area (Å²) in [5.74, 6) is 0.876. The van der Waals surface area contributed by atoms with Crippen LogP contribution < -0.4 is 10.3 Å². The number of methoxy groups -OCH3 is 1. The minimum atomic E-state index is -1.18. The molecule has 2 heterocycles. The average molecular weight is 429 g/mol. The summed E-state index contributed by atoms with van der Waals surface area (Å²) in [7, 11) is 1.63. The van der Waals surface area contributed by atoms with Gasteiger partial charge in [0.1, 0.15) is 21.9 Å². The van der Waals surface area contributed by atoms with E-state index in [0.29, 0.717) is 16.0 Å². The van der Waals surface area contributed by atoms with E-state index in [-0.39, 0.29) is 18.1 Å². The predicted molar refractivity (Wildman–Crippen MR) is 121 cm³/mol. The molecule has 0 unspecified atom stereocenters. The van der Waals surface area contributed by atoms with Crippen molar-refractivity contribution in [3.8, 4) is 16.9 Å². The molecule has 0 spiro atoms. The number of fused-ring (bicyclic) bond motifs is 1. The first-order valence-electron chi connectivity index (χ1n) is 10.00. The minimum Gasteiger partial charge on any atom is -0.496 e. The van der Waals surface area contributed by atoms with Crippen molar-refractivity contribution in [2.45, 2.75) is 53.0 Å². The highest BCUT2D eigenvalue weighted by atomic mass is 32.1. The number of ether oxygens (including phenoxy) is 2. The van der Waals surface area contributed by atoms with E-state index in [1.165, 1.54) is 15.9 Å². The van der Waals surface area contributed by atoms with Gasteiger partial charge in [-0.1, -0.05) is 19.9 Å². The van der Waals surface area contributed by atoms with Crippen molar-refractivity contribution in [1.82, 2.24) is 9.55 Å². The van der Waals surface area contributed by atoms with Gasteiger partial charge in [0.2, 0.25) is 0 Å². The summed E-state index contributed by atoms with van der Waals surface area (Å²) in [6.45, 7) is 11.3. The number of thiophene rings is 1. The van der Waals surface area contributed by atoms with E-state index >= 15 is 0 Å². The van der Waals surface area contributed by atoms with Gasteiger partial charge in [0, 0.05) is 16.9 Å². The normalized spacial score (nSPS) is 11.9. The Hall–Kier alpha value is -2.67. The lowest BCUT2D eigenvalue weighted by atomic mass is 10.0. The Morgan fingerprint density at radius 2 is 2.00 bits per heavy atom. The van der Waals surface area contributed by atoms with Crippen LogP contribution >= 0.6 is 11.3 Å². The SMILES string of the molecule is CCOC(=O)C(C)(C)n1c(C(C)C)nc2scc(-c3ccc(OC)c(C)c3)c2c1=O. The molecule has 0 bridgehead atoms. The summed E-state index contributed by atoms with van der Waals surface area (Å²) in [5.41, 5.74) is 1.29. The summed E-state index contributed by atoms with van der Waals surface area (Å²) in [4.78, 5) is 32.0. The third-order valence-corrected chi connectivity index (χ3v) is 6.06. The zero-order valence-corrected chi connectivity index (χ0v) is 19.3. The molecule has 160 valence electrons. The third-order valence-electron chi connectivity index (χ3n) is 5.19. The minimum absolute atomic E-state index is 0.0374. The number of rotatable bonds is 6. The maximum Gasteiger partial charge on any atom is 0.331 e. The fourth-order valence-electron chi connectivity index (χ4n) is 3.59. The number of aryl methyl sites for hydroxylation is 1. The van der Waals surface area contributed by atoms with Crippen LogP contribution in [0.3, 0.4) is 0 Å². The number of esters is 1. The predicted octanol–water partition coefficient (Wildman–Crippen LogP) is 4.86. The van der Waals surface area contributed by atoms with Crippen LogP contribution in [0.2, 0.25) is 0 Å². The summed E-state index contributed by atoms with van der Waals surface area (Å²) >= 11 is 1.44. The van der Waals surface area contributed by atoms with Crippen LogP contribution in [-0.4, -0.2) is 29.2 Å². The number of carbonyl (C=O) groups excluding carboxylic acids is 1. The Bertz CT molecular complexity index is 1160. The maximum absolute atomic E-state index is 13.8. The molecule has 3 rings (SSSR count). The van der Waals surface area contributed by atoms with Gasteiger partial charge >= 0.3 is 5.97 Å². The first kappa shape index (κ1) is 22.0. The van der Waals surface area contributed by atoms with Crippen LogP contribution in [0.25, 0.3) is 21.3 Å². The number of hydrogen-bond acceptors (Lipinski definition) is 6. The van der Waals surface area contributed by atoms with Gasteiger partial charge in [-0.15, -0.1) is 11.3 Å². The van der Waals surface area contributed by atoms with E-state index in [9.17, 15) is 9.59 Å². The van der Waals surface area contributed by atoms with Crippen molar-refractivity contribution in [3.63, 3.8) is 0 Å². The van der Waals surface area contributed by atoms with Crippen molar-refractivity contribution in [2.75, 3.05) is 13.7 Å². The molecule has 0 saturated heterocycles. The largest absolute Gasteiger partial charge is 0.496 e. The molecular weight excluding hydrogens is 400 g/mol. The van der Waals surface area contributed by atoms with Gasteiger partial charge in [0.05, 0.1) is 19.1 Å². The van der Waals surface area contributed by atoms with E-state index in [1.54, 1.807) is 27.9 Å². The van der Waals surface area contributed by atoms with E-state index in [1.807, 2.05) is 44.4 Å². The van der Waals surface area contributed by atoms with Gasteiger partial charge in [0.15, 0.2) is 0 Å². The molecule has 6 nitrogen and oxygen atoms in total. The number of carbonyl (C=O) groups is 1. The monoisotopic (exact) mass is 428 g/mol. The Balaban J connectivity index is 2.32. The van der Waals surface area contributed by atoms with E-state index < -0.39 is 11.5 Å². The number of nitrogens with zero attached hydrogens (tertiary/aromatic N) is 2. The molecule has 7 heteroatoms. The molecule has 0 N–H and O–H groups in total. The molecule has 0 atom stereocenters. The lowest BCUT2D eigenvalue weighted by molar-refractivity contribution is -0.152. The Morgan fingerprint density at radius 1 is 1.30 bits per heavy atom. The van der Waals surface area contributed by atoms with Crippen LogP contribution in [0.1, 0.15) is 51.9 Å². The second-order valence-corrected chi connectivity index (χ2v) is 8.92. The van der Waals surface area contributed by atoms with Gasteiger partial charge in [-0.25, -0.2) is 9.78 Å². The van der Waals surface area contributed by atoms with Gasteiger partial charge in [-0.2, -0.15) is 0 Å². The molecule has 3 aromatic rings. The maximum atomic E-state index is 13.8. The van der Waals surface area contributed by atoms with Crippen LogP contribution in [0.15, 0.2) is 28.4 Å². The Morgan fingerprint density at radius 3 is 2.57 bits per heavy atom. The molecule has 0 amide bonds. The fraction of sp³-hybridized carbons (Fsp3) is 0.435. The molecule has 0 saturated carbocycles. The first-order valence-corrected chi connectivity index (χ1v) is 10.9. The van der Waals surface area contributed by atoms with E-state index in [0.717, 1.165) is 22.4 Å². The highest BCUT2D eigenvalue weighted by Gasteiger charge is 2.36. The van der Waals surface area contributed by atoms with Crippen molar-refractivity contribution in [3.05, 3.63) is 45.3 Å². The van der Waals surface area contributed by atoms with Crippen LogP contribution in [-0.2, 0) is 15.1 Å². The summed E-state index contributed by atoms with van der Waals surface area (Å²) in [5, 5.41) is 2.47.